The van der Waals surface area contributed by atoms with Crippen molar-refractivity contribution in [3.05, 3.63) is 59.6 Å². The van der Waals surface area contributed by atoms with Gasteiger partial charge in [-0.05, 0) is 35.2 Å². The molecule has 18 heavy (non-hydrogen) atoms. The third-order valence-electron chi connectivity index (χ3n) is 3.32. The molecule has 0 aliphatic carbocycles. The third kappa shape index (κ3) is 1.28. The minimum atomic E-state index is 0.730. The fourth-order valence-corrected chi connectivity index (χ4v) is 2.71. The summed E-state index contributed by atoms with van der Waals surface area (Å²) in [6.45, 7) is 0. The molecule has 3 aromatic carbocycles. The Hall–Kier alpha value is -1.99. The molecule has 4 rings (SSSR count). The molecule has 0 atom stereocenters. The molecule has 0 N–H and O–H groups in total. The molecular weight excluding hydrogens is 244 g/mol. The maximum atomic E-state index is 6.08. The van der Waals surface area contributed by atoms with Gasteiger partial charge in [0.05, 0.1) is 0 Å². The molecule has 86 valence electrons. The number of hydrogen-bond donors (Lipinski definition) is 0. The van der Waals surface area contributed by atoms with E-state index >= 15 is 0 Å². The van der Waals surface area contributed by atoms with Gasteiger partial charge in [0.1, 0.15) is 11.5 Å². The number of benzene rings is 3. The SMILES string of the molecule is Clc1ccc2c(c1)-c1cccc3cccc(c13)O2. The molecular formula is C16H9ClO. The molecule has 1 heterocycles. The summed E-state index contributed by atoms with van der Waals surface area (Å²) in [5, 5.41) is 3.08. The molecule has 0 saturated carbocycles. The average molecular weight is 253 g/mol. The van der Waals surface area contributed by atoms with E-state index in [0.29, 0.717) is 0 Å². The van der Waals surface area contributed by atoms with Gasteiger partial charge in [0.15, 0.2) is 0 Å². The second kappa shape index (κ2) is 3.50. The van der Waals surface area contributed by atoms with E-state index in [1.807, 2.05) is 30.3 Å². The van der Waals surface area contributed by atoms with Gasteiger partial charge in [0, 0.05) is 16.0 Å². The molecule has 0 radical (unpaired) electrons. The van der Waals surface area contributed by atoms with Crippen molar-refractivity contribution in [3.8, 4) is 22.6 Å². The Bertz CT molecular complexity index is 772. The van der Waals surface area contributed by atoms with Crippen LogP contribution < -0.4 is 4.74 Å². The topological polar surface area (TPSA) is 9.23 Å². The van der Waals surface area contributed by atoms with Crippen LogP contribution in [0.2, 0.25) is 5.02 Å². The van der Waals surface area contributed by atoms with Crippen molar-refractivity contribution < 1.29 is 4.74 Å². The first-order valence-corrected chi connectivity index (χ1v) is 6.20. The van der Waals surface area contributed by atoms with Crippen LogP contribution in [0.1, 0.15) is 0 Å². The number of rotatable bonds is 0. The minimum Gasteiger partial charge on any atom is -0.456 e. The number of fused-ring (bicyclic) bond motifs is 2. The van der Waals surface area contributed by atoms with Gasteiger partial charge in [0.2, 0.25) is 0 Å². The van der Waals surface area contributed by atoms with Crippen molar-refractivity contribution in [2.45, 2.75) is 0 Å². The van der Waals surface area contributed by atoms with E-state index in [1.54, 1.807) is 0 Å². The van der Waals surface area contributed by atoms with Gasteiger partial charge in [-0.2, -0.15) is 0 Å². The Labute approximate surface area is 110 Å². The molecule has 0 saturated heterocycles. The summed E-state index contributed by atoms with van der Waals surface area (Å²) in [4.78, 5) is 0. The highest BCUT2D eigenvalue weighted by Gasteiger charge is 2.19. The Kier molecular flexibility index (Phi) is 1.94. The fourth-order valence-electron chi connectivity index (χ4n) is 2.54. The smallest absolute Gasteiger partial charge is 0.135 e. The fraction of sp³-hybridized carbons (Fsp3) is 0. The molecule has 1 aliphatic rings. The van der Waals surface area contributed by atoms with Crippen molar-refractivity contribution in [2.24, 2.45) is 0 Å². The molecule has 0 unspecified atom stereocenters. The molecule has 0 fully saturated rings. The van der Waals surface area contributed by atoms with Gasteiger partial charge in [-0.3, -0.25) is 0 Å². The molecule has 0 amide bonds. The van der Waals surface area contributed by atoms with E-state index in [-0.39, 0.29) is 0 Å². The quantitative estimate of drug-likeness (QED) is 0.414. The van der Waals surface area contributed by atoms with Gasteiger partial charge in [-0.25, -0.2) is 0 Å². The van der Waals surface area contributed by atoms with E-state index < -0.39 is 0 Å². The van der Waals surface area contributed by atoms with Gasteiger partial charge in [0.25, 0.3) is 0 Å². The van der Waals surface area contributed by atoms with E-state index in [4.69, 9.17) is 16.3 Å². The highest BCUT2D eigenvalue weighted by molar-refractivity contribution is 6.31. The van der Waals surface area contributed by atoms with Crippen LogP contribution in [0, 0.1) is 0 Å². The van der Waals surface area contributed by atoms with Gasteiger partial charge in [-0.15, -0.1) is 0 Å². The Balaban J connectivity index is 2.18. The first-order valence-electron chi connectivity index (χ1n) is 5.82. The molecule has 3 aromatic rings. The van der Waals surface area contributed by atoms with Crippen molar-refractivity contribution in [2.75, 3.05) is 0 Å². The summed E-state index contributed by atoms with van der Waals surface area (Å²) >= 11 is 6.08. The zero-order valence-corrected chi connectivity index (χ0v) is 10.2. The molecule has 2 heteroatoms. The molecule has 1 nitrogen and oxygen atoms in total. The van der Waals surface area contributed by atoms with E-state index in [9.17, 15) is 0 Å². The Morgan fingerprint density at radius 2 is 1.61 bits per heavy atom. The van der Waals surface area contributed by atoms with Gasteiger partial charge >= 0.3 is 0 Å². The summed E-state index contributed by atoms with van der Waals surface area (Å²) < 4.78 is 5.95. The lowest BCUT2D eigenvalue weighted by Gasteiger charge is -2.21. The lowest BCUT2D eigenvalue weighted by atomic mass is 9.95. The van der Waals surface area contributed by atoms with Crippen molar-refractivity contribution in [1.29, 1.82) is 0 Å². The van der Waals surface area contributed by atoms with Crippen molar-refractivity contribution in [1.82, 2.24) is 0 Å². The van der Waals surface area contributed by atoms with E-state index in [2.05, 4.69) is 24.3 Å². The Morgan fingerprint density at radius 1 is 0.778 bits per heavy atom. The molecule has 1 aliphatic heterocycles. The summed E-state index contributed by atoms with van der Waals surface area (Å²) in [6.07, 6.45) is 0. The standard InChI is InChI=1S/C16H9ClO/c17-11-7-8-14-13(9-11)12-5-1-3-10-4-2-6-15(18-14)16(10)12/h1-9H. The normalized spacial score (nSPS) is 12.1. The zero-order valence-electron chi connectivity index (χ0n) is 9.48. The summed E-state index contributed by atoms with van der Waals surface area (Å²) in [6, 6.07) is 18.1. The van der Waals surface area contributed by atoms with Crippen LogP contribution in [0.5, 0.6) is 11.5 Å². The Morgan fingerprint density at radius 3 is 2.50 bits per heavy atom. The van der Waals surface area contributed by atoms with Crippen molar-refractivity contribution >= 4 is 22.4 Å². The van der Waals surface area contributed by atoms with Crippen LogP contribution in [0.25, 0.3) is 21.9 Å². The lowest BCUT2D eigenvalue weighted by molar-refractivity contribution is 0.487. The van der Waals surface area contributed by atoms with Gasteiger partial charge in [-0.1, -0.05) is 41.9 Å². The van der Waals surface area contributed by atoms with E-state index in [1.165, 1.54) is 10.9 Å². The van der Waals surface area contributed by atoms with Crippen LogP contribution in [0.15, 0.2) is 54.6 Å². The van der Waals surface area contributed by atoms with Crippen LogP contribution >= 0.6 is 11.6 Å². The highest BCUT2D eigenvalue weighted by Crippen LogP contribution is 2.46. The van der Waals surface area contributed by atoms with Crippen LogP contribution in [0.3, 0.4) is 0 Å². The molecule has 0 spiro atoms. The zero-order chi connectivity index (χ0) is 12.1. The van der Waals surface area contributed by atoms with Gasteiger partial charge < -0.3 is 4.74 Å². The monoisotopic (exact) mass is 252 g/mol. The van der Waals surface area contributed by atoms with Crippen LogP contribution in [-0.2, 0) is 0 Å². The summed E-state index contributed by atoms with van der Waals surface area (Å²) in [7, 11) is 0. The van der Waals surface area contributed by atoms with Crippen LogP contribution in [-0.4, -0.2) is 0 Å². The second-order valence-corrected chi connectivity index (χ2v) is 4.84. The average Bonchev–Trinajstić information content (AvgIpc) is 2.40. The van der Waals surface area contributed by atoms with Crippen molar-refractivity contribution in [3.63, 3.8) is 0 Å². The maximum Gasteiger partial charge on any atom is 0.135 e. The minimum absolute atomic E-state index is 0.730. The predicted octanol–water partition coefficient (Wildman–Crippen LogP) is 5.27. The highest BCUT2D eigenvalue weighted by atomic mass is 35.5. The lowest BCUT2D eigenvalue weighted by Crippen LogP contribution is -1.96. The van der Waals surface area contributed by atoms with E-state index in [0.717, 1.165) is 27.5 Å². The number of hydrogen-bond acceptors (Lipinski definition) is 1. The number of ether oxygens (including phenoxy) is 1. The van der Waals surface area contributed by atoms with Crippen LogP contribution in [0.4, 0.5) is 0 Å². The maximum absolute atomic E-state index is 6.08. The molecule has 0 aromatic heterocycles. The first-order chi connectivity index (χ1) is 8.83. The molecule has 0 bridgehead atoms. The predicted molar refractivity (Wildman–Crippen MR) is 74.5 cm³/mol. The second-order valence-electron chi connectivity index (χ2n) is 4.40. The first kappa shape index (κ1) is 9.98. The number of halogens is 1. The summed E-state index contributed by atoms with van der Waals surface area (Å²) in [5.41, 5.74) is 2.25. The third-order valence-corrected chi connectivity index (χ3v) is 3.55. The largest absolute Gasteiger partial charge is 0.456 e. The summed E-state index contributed by atoms with van der Waals surface area (Å²) in [5.74, 6) is 1.78.